The van der Waals surface area contributed by atoms with Gasteiger partial charge in [0.15, 0.2) is 0 Å². The highest BCUT2D eigenvalue weighted by molar-refractivity contribution is 7.09. The maximum atomic E-state index is 12.6. The Labute approximate surface area is 130 Å². The molecule has 1 aromatic heterocycles. The van der Waals surface area contributed by atoms with Gasteiger partial charge in [-0.2, -0.15) is 0 Å². The molecule has 2 N–H and O–H groups in total. The van der Waals surface area contributed by atoms with Crippen molar-refractivity contribution < 1.29 is 4.79 Å². The van der Waals surface area contributed by atoms with E-state index in [9.17, 15) is 4.79 Å². The Bertz CT molecular complexity index is 459. The molecule has 1 saturated carbocycles. The number of halogens is 1. The number of rotatable bonds is 3. The van der Waals surface area contributed by atoms with Gasteiger partial charge >= 0.3 is 0 Å². The van der Waals surface area contributed by atoms with Gasteiger partial charge in [0.05, 0.1) is 0 Å². The van der Waals surface area contributed by atoms with Gasteiger partial charge < -0.3 is 10.6 Å². The zero-order valence-electron chi connectivity index (χ0n) is 11.6. The van der Waals surface area contributed by atoms with Crippen molar-refractivity contribution in [1.82, 2.24) is 9.88 Å². The second-order valence-corrected chi connectivity index (χ2v) is 6.53. The van der Waals surface area contributed by atoms with Crippen molar-refractivity contribution in [3.63, 3.8) is 0 Å². The third-order valence-electron chi connectivity index (χ3n) is 4.45. The van der Waals surface area contributed by atoms with Crippen LogP contribution in [0, 0.1) is 5.92 Å². The van der Waals surface area contributed by atoms with Gasteiger partial charge in [0, 0.05) is 24.5 Å². The number of hydrogen-bond acceptors (Lipinski definition) is 4. The second-order valence-electron chi connectivity index (χ2n) is 5.58. The molecule has 0 radical (unpaired) electrons. The summed E-state index contributed by atoms with van der Waals surface area (Å²) in [6.07, 6.45) is 7.55. The predicted molar refractivity (Wildman–Crippen MR) is 83.3 cm³/mol. The van der Waals surface area contributed by atoms with Crippen LogP contribution in [0.2, 0.25) is 0 Å². The van der Waals surface area contributed by atoms with Gasteiger partial charge in [-0.15, -0.1) is 23.7 Å². The van der Waals surface area contributed by atoms with Crippen molar-refractivity contribution in [2.45, 2.75) is 51.1 Å². The van der Waals surface area contributed by atoms with Crippen LogP contribution in [0.3, 0.4) is 0 Å². The Morgan fingerprint density at radius 3 is 2.75 bits per heavy atom. The average Bonchev–Trinajstić information content (AvgIpc) is 3.16. The summed E-state index contributed by atoms with van der Waals surface area (Å²) >= 11 is 1.49. The normalized spacial score (nSPS) is 23.1. The second kappa shape index (κ2) is 6.87. The first-order chi connectivity index (χ1) is 9.29. The number of aromatic nitrogens is 1. The minimum atomic E-state index is 0. The van der Waals surface area contributed by atoms with Crippen LogP contribution in [0.1, 0.15) is 54.0 Å². The predicted octanol–water partition coefficient (Wildman–Crippen LogP) is 2.82. The molecule has 20 heavy (non-hydrogen) atoms. The Kier molecular flexibility index (Phi) is 5.41. The van der Waals surface area contributed by atoms with E-state index in [-0.39, 0.29) is 18.3 Å². The molecule has 1 aliphatic heterocycles. The van der Waals surface area contributed by atoms with Gasteiger partial charge in [0.25, 0.3) is 5.91 Å². The summed E-state index contributed by atoms with van der Waals surface area (Å²) in [7, 11) is 0. The van der Waals surface area contributed by atoms with Crippen LogP contribution >= 0.6 is 23.7 Å². The highest BCUT2D eigenvalue weighted by Gasteiger charge is 2.36. The molecular formula is C14H22ClN3OS. The maximum Gasteiger partial charge on any atom is 0.273 e. The smallest absolute Gasteiger partial charge is 0.273 e. The van der Waals surface area contributed by atoms with Crippen LogP contribution in [0.4, 0.5) is 0 Å². The third kappa shape index (κ3) is 3.00. The van der Waals surface area contributed by atoms with Crippen LogP contribution < -0.4 is 5.73 Å². The van der Waals surface area contributed by atoms with Gasteiger partial charge in [-0.25, -0.2) is 4.98 Å². The van der Waals surface area contributed by atoms with Crippen molar-refractivity contribution in [3.8, 4) is 0 Å². The fraction of sp³-hybridized carbons (Fsp3) is 0.714. The van der Waals surface area contributed by atoms with Crippen LogP contribution in [-0.4, -0.2) is 28.4 Å². The van der Waals surface area contributed by atoms with Gasteiger partial charge in [-0.1, -0.05) is 12.8 Å². The lowest BCUT2D eigenvalue weighted by Gasteiger charge is -2.28. The number of carbonyl (C=O) groups is 1. The largest absolute Gasteiger partial charge is 0.334 e. The zero-order valence-corrected chi connectivity index (χ0v) is 13.2. The molecule has 3 rings (SSSR count). The number of likely N-dealkylation sites (tertiary alicyclic amines) is 1. The molecule has 1 aromatic rings. The van der Waals surface area contributed by atoms with E-state index in [1.165, 1.54) is 43.4 Å². The molecule has 6 heteroatoms. The molecule has 4 nitrogen and oxygen atoms in total. The van der Waals surface area contributed by atoms with Gasteiger partial charge in [-0.05, 0) is 31.6 Å². The quantitative estimate of drug-likeness (QED) is 0.933. The molecule has 0 aromatic carbocycles. The molecule has 1 atom stereocenters. The number of nitrogens with zero attached hydrogens (tertiary/aromatic N) is 2. The summed E-state index contributed by atoms with van der Waals surface area (Å²) in [5.74, 6) is 0.837. The topological polar surface area (TPSA) is 59.2 Å². The van der Waals surface area contributed by atoms with Gasteiger partial charge in [0.1, 0.15) is 10.7 Å². The molecule has 1 unspecified atom stereocenters. The van der Waals surface area contributed by atoms with Crippen molar-refractivity contribution in [2.75, 3.05) is 6.54 Å². The summed E-state index contributed by atoms with van der Waals surface area (Å²) in [6.45, 7) is 1.32. The molecule has 2 fully saturated rings. The van der Waals surface area contributed by atoms with E-state index in [0.29, 0.717) is 18.3 Å². The van der Waals surface area contributed by atoms with Crippen molar-refractivity contribution in [2.24, 2.45) is 11.7 Å². The van der Waals surface area contributed by atoms with Crippen LogP contribution in [0.5, 0.6) is 0 Å². The minimum absolute atomic E-state index is 0. The fourth-order valence-corrected chi connectivity index (χ4v) is 4.18. The van der Waals surface area contributed by atoms with Crippen molar-refractivity contribution >= 4 is 29.7 Å². The molecule has 2 heterocycles. The molecule has 0 spiro atoms. The SMILES string of the molecule is Cl.NCc1nc(C(=O)N2CCCC2C2CCCC2)cs1. The Morgan fingerprint density at radius 2 is 2.10 bits per heavy atom. The number of amides is 1. The highest BCUT2D eigenvalue weighted by Crippen LogP contribution is 2.36. The molecule has 1 saturated heterocycles. The highest BCUT2D eigenvalue weighted by atomic mass is 35.5. The first-order valence-electron chi connectivity index (χ1n) is 7.25. The molecule has 2 aliphatic rings. The number of hydrogen-bond donors (Lipinski definition) is 1. The molecular weight excluding hydrogens is 294 g/mol. The lowest BCUT2D eigenvalue weighted by atomic mass is 9.96. The van der Waals surface area contributed by atoms with E-state index in [2.05, 4.69) is 9.88 Å². The summed E-state index contributed by atoms with van der Waals surface area (Å²) < 4.78 is 0. The summed E-state index contributed by atoms with van der Waals surface area (Å²) in [5, 5.41) is 2.70. The Hall–Kier alpha value is -0.650. The fourth-order valence-electron chi connectivity index (χ4n) is 3.53. The standard InChI is InChI=1S/C14H21N3OS.ClH/c15-8-13-16-11(9-19-13)14(18)17-7-3-6-12(17)10-4-1-2-5-10;/h9-10,12H,1-8,15H2;1H. The third-order valence-corrected chi connectivity index (χ3v) is 5.32. The van der Waals surface area contributed by atoms with E-state index in [1.54, 1.807) is 0 Å². The lowest BCUT2D eigenvalue weighted by Crippen LogP contribution is -2.39. The lowest BCUT2D eigenvalue weighted by molar-refractivity contribution is 0.0683. The number of thiazole rings is 1. The first kappa shape index (κ1) is 15.7. The molecule has 1 amide bonds. The summed E-state index contributed by atoms with van der Waals surface area (Å²) in [6, 6.07) is 0.457. The van der Waals surface area contributed by atoms with Crippen LogP contribution in [-0.2, 0) is 6.54 Å². The zero-order chi connectivity index (χ0) is 13.2. The van der Waals surface area contributed by atoms with Crippen molar-refractivity contribution in [1.29, 1.82) is 0 Å². The Morgan fingerprint density at radius 1 is 1.35 bits per heavy atom. The summed E-state index contributed by atoms with van der Waals surface area (Å²) in [5.41, 5.74) is 6.16. The molecule has 0 bridgehead atoms. The van der Waals surface area contributed by atoms with Gasteiger partial charge in [-0.3, -0.25) is 4.79 Å². The van der Waals surface area contributed by atoms with E-state index in [4.69, 9.17) is 5.73 Å². The van der Waals surface area contributed by atoms with E-state index >= 15 is 0 Å². The van der Waals surface area contributed by atoms with E-state index < -0.39 is 0 Å². The minimum Gasteiger partial charge on any atom is -0.334 e. The molecule has 1 aliphatic carbocycles. The first-order valence-corrected chi connectivity index (χ1v) is 8.13. The van der Waals surface area contributed by atoms with Crippen LogP contribution in [0.25, 0.3) is 0 Å². The maximum absolute atomic E-state index is 12.6. The van der Waals surface area contributed by atoms with E-state index in [1.807, 2.05) is 5.38 Å². The van der Waals surface area contributed by atoms with Crippen molar-refractivity contribution in [3.05, 3.63) is 16.1 Å². The van der Waals surface area contributed by atoms with Crippen LogP contribution in [0.15, 0.2) is 5.38 Å². The molecule has 112 valence electrons. The average molecular weight is 316 g/mol. The Balaban J connectivity index is 0.00000147. The monoisotopic (exact) mass is 315 g/mol. The number of carbonyl (C=O) groups excluding carboxylic acids is 1. The van der Waals surface area contributed by atoms with Gasteiger partial charge in [0.2, 0.25) is 0 Å². The van der Waals surface area contributed by atoms with E-state index in [0.717, 1.165) is 23.9 Å². The summed E-state index contributed by atoms with van der Waals surface area (Å²) in [4.78, 5) is 19.0. The number of nitrogens with two attached hydrogens (primary N) is 1.